The summed E-state index contributed by atoms with van der Waals surface area (Å²) in [6.07, 6.45) is 1.52. The summed E-state index contributed by atoms with van der Waals surface area (Å²) in [7, 11) is -3.70. The Morgan fingerprint density at radius 3 is 2.11 bits per heavy atom. The molecule has 3 aromatic rings. The number of carbonyl (C=O) groups excluding carboxylic acids is 2. The molecule has 2 amide bonds. The predicted molar refractivity (Wildman–Crippen MR) is 136 cm³/mol. The Morgan fingerprint density at radius 2 is 1.43 bits per heavy atom. The molecule has 2 aromatic carbocycles. The fraction of sp³-hybridized carbons (Fsp3) is 0.174. The second-order valence-electron chi connectivity index (χ2n) is 7.54. The number of nitrogens with zero attached hydrogens (tertiary/aromatic N) is 3. The first kappa shape index (κ1) is 24.9. The second-order valence-corrected chi connectivity index (χ2v) is 10.2. The van der Waals surface area contributed by atoms with Crippen LogP contribution in [-0.2, 0) is 19.6 Å². The van der Waals surface area contributed by atoms with Crippen molar-refractivity contribution in [3.05, 3.63) is 76.9 Å². The van der Waals surface area contributed by atoms with Crippen molar-refractivity contribution >= 4 is 62.2 Å². The highest BCUT2D eigenvalue weighted by molar-refractivity contribution is 7.89. The maximum Gasteiger partial charge on any atom is 0.318 e. The van der Waals surface area contributed by atoms with Crippen LogP contribution in [0.1, 0.15) is 0 Å². The van der Waals surface area contributed by atoms with Crippen LogP contribution in [0.2, 0.25) is 10.0 Å². The fourth-order valence-electron chi connectivity index (χ4n) is 3.53. The Balaban J connectivity index is 1.40. The highest BCUT2D eigenvalue weighted by atomic mass is 35.5. The van der Waals surface area contributed by atoms with E-state index in [1.165, 1.54) is 40.3 Å². The van der Waals surface area contributed by atoms with Gasteiger partial charge in [-0.1, -0.05) is 23.2 Å². The highest BCUT2D eigenvalue weighted by Crippen LogP contribution is 2.27. The Morgan fingerprint density at radius 1 is 0.829 bits per heavy atom. The van der Waals surface area contributed by atoms with Gasteiger partial charge in [0.1, 0.15) is 0 Å². The molecule has 1 fully saturated rings. The number of hydrogen-bond donors (Lipinski definition) is 2. The zero-order chi connectivity index (χ0) is 25.0. The first-order valence-corrected chi connectivity index (χ1v) is 12.8. The molecule has 1 aliphatic heterocycles. The van der Waals surface area contributed by atoms with E-state index >= 15 is 0 Å². The van der Waals surface area contributed by atoms with Crippen molar-refractivity contribution in [3.8, 4) is 0 Å². The second kappa shape index (κ2) is 10.6. The number of anilines is 3. The number of sulfonamides is 1. The van der Waals surface area contributed by atoms with Crippen LogP contribution in [0.5, 0.6) is 0 Å². The predicted octanol–water partition coefficient (Wildman–Crippen LogP) is 3.16. The van der Waals surface area contributed by atoms with E-state index in [0.29, 0.717) is 27.2 Å². The van der Waals surface area contributed by atoms with E-state index in [9.17, 15) is 18.0 Å². The van der Waals surface area contributed by atoms with Gasteiger partial charge in [-0.25, -0.2) is 18.1 Å². The summed E-state index contributed by atoms with van der Waals surface area (Å²) >= 11 is 11.7. The summed E-state index contributed by atoms with van der Waals surface area (Å²) < 4.78 is 27.3. The number of hydrogen-bond acceptors (Lipinski definition) is 6. The Labute approximate surface area is 212 Å². The standard InChI is InChI=1S/C23H21Cl2N5O4S/c24-16-3-7-18(8-4-16)29-14-15-30(23(32)22(29)31)21-20(2-1-11-27-21)26-12-13-28-35(33,34)19-9-5-17(25)6-10-19/h1-11,26,28H,12-15H2. The minimum atomic E-state index is -3.70. The maximum absolute atomic E-state index is 12.9. The van der Waals surface area contributed by atoms with Gasteiger partial charge >= 0.3 is 11.8 Å². The number of halogens is 2. The molecule has 1 saturated heterocycles. The summed E-state index contributed by atoms with van der Waals surface area (Å²) in [6, 6.07) is 15.9. The quantitative estimate of drug-likeness (QED) is 0.339. The van der Waals surface area contributed by atoms with Crippen LogP contribution in [0.15, 0.2) is 71.8 Å². The molecule has 0 spiro atoms. The van der Waals surface area contributed by atoms with Crippen molar-refractivity contribution in [2.75, 3.05) is 41.3 Å². The van der Waals surface area contributed by atoms with Gasteiger partial charge in [0.05, 0.1) is 10.6 Å². The lowest BCUT2D eigenvalue weighted by molar-refractivity contribution is -0.136. The van der Waals surface area contributed by atoms with E-state index < -0.39 is 21.8 Å². The molecule has 0 atom stereocenters. The molecule has 2 heterocycles. The molecule has 0 saturated carbocycles. The normalized spacial score (nSPS) is 14.3. The van der Waals surface area contributed by atoms with Gasteiger partial charge in [0.15, 0.2) is 5.82 Å². The topological polar surface area (TPSA) is 112 Å². The summed E-state index contributed by atoms with van der Waals surface area (Å²) in [5, 5.41) is 4.06. The minimum absolute atomic E-state index is 0.0799. The van der Waals surface area contributed by atoms with Gasteiger partial charge in [-0.05, 0) is 60.7 Å². The Kier molecular flexibility index (Phi) is 7.56. The van der Waals surface area contributed by atoms with E-state index in [2.05, 4.69) is 15.0 Å². The maximum atomic E-state index is 12.9. The van der Waals surface area contributed by atoms with Crippen LogP contribution >= 0.6 is 23.2 Å². The molecular weight excluding hydrogens is 513 g/mol. The smallest absolute Gasteiger partial charge is 0.318 e. The van der Waals surface area contributed by atoms with Crippen molar-refractivity contribution in [3.63, 3.8) is 0 Å². The fourth-order valence-corrected chi connectivity index (χ4v) is 4.82. The van der Waals surface area contributed by atoms with E-state index in [1.54, 1.807) is 36.4 Å². The van der Waals surface area contributed by atoms with Crippen LogP contribution in [0, 0.1) is 0 Å². The molecule has 9 nitrogen and oxygen atoms in total. The number of pyridine rings is 1. The largest absolute Gasteiger partial charge is 0.381 e. The van der Waals surface area contributed by atoms with Gasteiger partial charge in [-0.2, -0.15) is 0 Å². The Hall–Kier alpha value is -3.18. The number of piperazine rings is 1. The van der Waals surface area contributed by atoms with E-state index in [4.69, 9.17) is 23.2 Å². The van der Waals surface area contributed by atoms with Crippen LogP contribution in [0.4, 0.5) is 17.2 Å². The van der Waals surface area contributed by atoms with Crippen molar-refractivity contribution < 1.29 is 18.0 Å². The summed E-state index contributed by atoms with van der Waals surface area (Å²) in [4.78, 5) is 32.8. The minimum Gasteiger partial charge on any atom is -0.381 e. The lowest BCUT2D eigenvalue weighted by atomic mass is 10.2. The first-order chi connectivity index (χ1) is 16.8. The van der Waals surface area contributed by atoms with Gasteiger partial charge in [0.25, 0.3) is 0 Å². The van der Waals surface area contributed by atoms with Crippen LogP contribution in [-0.4, -0.2) is 51.4 Å². The van der Waals surface area contributed by atoms with Gasteiger partial charge in [0, 0.05) is 48.1 Å². The molecule has 182 valence electrons. The third kappa shape index (κ3) is 5.73. The van der Waals surface area contributed by atoms with Crippen molar-refractivity contribution in [1.82, 2.24) is 9.71 Å². The van der Waals surface area contributed by atoms with Crippen LogP contribution in [0.25, 0.3) is 0 Å². The van der Waals surface area contributed by atoms with Crippen LogP contribution in [0.3, 0.4) is 0 Å². The SMILES string of the molecule is O=C1C(=O)N(c2ncccc2NCCNS(=O)(=O)c2ccc(Cl)cc2)CCN1c1ccc(Cl)cc1. The zero-order valence-electron chi connectivity index (χ0n) is 18.3. The van der Waals surface area contributed by atoms with E-state index in [0.717, 1.165) is 0 Å². The summed E-state index contributed by atoms with van der Waals surface area (Å²) in [5.41, 5.74) is 1.08. The summed E-state index contributed by atoms with van der Waals surface area (Å²) in [6.45, 7) is 0.820. The number of carbonyl (C=O) groups is 2. The van der Waals surface area contributed by atoms with Crippen molar-refractivity contribution in [2.45, 2.75) is 4.90 Å². The van der Waals surface area contributed by atoms with Gasteiger partial charge < -0.3 is 10.2 Å². The number of benzene rings is 2. The van der Waals surface area contributed by atoms with Crippen molar-refractivity contribution in [2.24, 2.45) is 0 Å². The molecule has 0 aliphatic carbocycles. The Bertz CT molecular complexity index is 1330. The molecule has 0 radical (unpaired) electrons. The molecule has 35 heavy (non-hydrogen) atoms. The molecule has 4 rings (SSSR count). The average molecular weight is 534 g/mol. The van der Waals surface area contributed by atoms with Gasteiger partial charge in [-0.15, -0.1) is 0 Å². The number of amides is 2. The first-order valence-electron chi connectivity index (χ1n) is 10.6. The molecule has 1 aromatic heterocycles. The van der Waals surface area contributed by atoms with E-state index in [1.807, 2.05) is 0 Å². The monoisotopic (exact) mass is 533 g/mol. The number of nitrogens with one attached hydrogen (secondary N) is 2. The molecule has 0 bridgehead atoms. The third-order valence-corrected chi connectivity index (χ3v) is 7.24. The lowest BCUT2D eigenvalue weighted by Crippen LogP contribution is -2.55. The molecule has 2 N–H and O–H groups in total. The molecule has 12 heteroatoms. The van der Waals surface area contributed by atoms with Crippen LogP contribution < -0.4 is 19.8 Å². The lowest BCUT2D eigenvalue weighted by Gasteiger charge is -2.34. The molecule has 1 aliphatic rings. The van der Waals surface area contributed by atoms with Gasteiger partial charge in [-0.3, -0.25) is 14.5 Å². The van der Waals surface area contributed by atoms with Gasteiger partial charge in [0.2, 0.25) is 10.0 Å². The average Bonchev–Trinajstić information content (AvgIpc) is 2.85. The third-order valence-electron chi connectivity index (χ3n) is 5.26. The van der Waals surface area contributed by atoms with Crippen molar-refractivity contribution in [1.29, 1.82) is 0 Å². The molecular formula is C23H21Cl2N5O4S. The number of rotatable bonds is 8. The highest BCUT2D eigenvalue weighted by Gasteiger charge is 2.35. The summed E-state index contributed by atoms with van der Waals surface area (Å²) in [5.74, 6) is -1.09. The number of aromatic nitrogens is 1. The van der Waals surface area contributed by atoms with E-state index in [-0.39, 0.29) is 31.1 Å². The molecule has 0 unspecified atom stereocenters. The zero-order valence-corrected chi connectivity index (χ0v) is 20.6.